The van der Waals surface area contributed by atoms with E-state index in [1.807, 2.05) is 42.8 Å². The molecule has 0 bridgehead atoms. The Morgan fingerprint density at radius 3 is 2.71 bits per heavy atom. The number of rotatable bonds is 3. The van der Waals surface area contributed by atoms with E-state index in [-0.39, 0.29) is 5.82 Å². The molecule has 0 aliphatic rings. The molecular weight excluding hydrogens is 312 g/mol. The Balaban J connectivity index is 2.08. The first-order valence-corrected chi connectivity index (χ1v) is 7.10. The highest BCUT2D eigenvalue weighted by molar-refractivity contribution is 5.93. The van der Waals surface area contributed by atoms with E-state index in [1.54, 1.807) is 6.08 Å². The van der Waals surface area contributed by atoms with E-state index in [0.717, 1.165) is 22.2 Å². The number of benzene rings is 1. The Hall–Kier alpha value is -3.42. The second-order valence-corrected chi connectivity index (χ2v) is 5.29. The van der Waals surface area contributed by atoms with Crippen LogP contribution in [-0.2, 0) is 7.05 Å². The Labute approximate surface area is 135 Å². The first-order valence-electron chi connectivity index (χ1n) is 7.10. The van der Waals surface area contributed by atoms with Crippen molar-refractivity contribution < 1.29 is 10.0 Å². The van der Waals surface area contributed by atoms with Gasteiger partial charge >= 0.3 is 11.2 Å². The third kappa shape index (κ3) is 2.43. The molecule has 3 rings (SSSR count). The summed E-state index contributed by atoms with van der Waals surface area (Å²) < 4.78 is 2.04. The van der Waals surface area contributed by atoms with E-state index in [4.69, 9.17) is 0 Å². The highest BCUT2D eigenvalue weighted by atomic mass is 16.6. The van der Waals surface area contributed by atoms with E-state index < -0.39 is 22.0 Å². The molecule has 0 aliphatic heterocycles. The van der Waals surface area contributed by atoms with Crippen molar-refractivity contribution in [3.8, 4) is 5.88 Å². The summed E-state index contributed by atoms with van der Waals surface area (Å²) in [4.78, 5) is 27.3. The van der Waals surface area contributed by atoms with Gasteiger partial charge in [0.2, 0.25) is 0 Å². The molecule has 0 amide bonds. The summed E-state index contributed by atoms with van der Waals surface area (Å²) in [6.45, 7) is 1.96. The molecule has 0 saturated carbocycles. The summed E-state index contributed by atoms with van der Waals surface area (Å²) in [6.07, 6.45) is 3.25. The summed E-state index contributed by atoms with van der Waals surface area (Å²) in [6, 6.07) is 7.85. The molecule has 8 heteroatoms. The average molecular weight is 326 g/mol. The Morgan fingerprint density at radius 1 is 1.33 bits per heavy atom. The predicted molar refractivity (Wildman–Crippen MR) is 89.8 cm³/mol. The number of para-hydroxylation sites is 1. The van der Waals surface area contributed by atoms with Gasteiger partial charge in [0.15, 0.2) is 0 Å². The lowest BCUT2D eigenvalue weighted by atomic mass is 10.1. The van der Waals surface area contributed by atoms with Crippen LogP contribution in [0.15, 0.2) is 29.1 Å². The minimum absolute atomic E-state index is 0.0374. The molecular formula is C16H14N4O4. The quantitative estimate of drug-likeness (QED) is 0.566. The van der Waals surface area contributed by atoms with Crippen LogP contribution in [-0.4, -0.2) is 24.6 Å². The van der Waals surface area contributed by atoms with Gasteiger partial charge in [-0.05, 0) is 25.1 Å². The predicted octanol–water partition coefficient (Wildman–Crippen LogP) is 2.35. The van der Waals surface area contributed by atoms with Crippen molar-refractivity contribution in [2.75, 3.05) is 0 Å². The molecule has 0 aliphatic carbocycles. The molecule has 0 unspecified atom stereocenters. The minimum atomic E-state index is -0.998. The second kappa shape index (κ2) is 5.65. The number of hydrogen-bond donors (Lipinski definition) is 2. The first kappa shape index (κ1) is 15.5. The average Bonchev–Trinajstić information content (AvgIpc) is 2.76. The monoisotopic (exact) mass is 326 g/mol. The number of nitro groups is 1. The van der Waals surface area contributed by atoms with Crippen LogP contribution < -0.4 is 5.56 Å². The first-order chi connectivity index (χ1) is 11.4. The van der Waals surface area contributed by atoms with Gasteiger partial charge in [-0.3, -0.25) is 14.9 Å². The minimum Gasteiger partial charge on any atom is -0.488 e. The third-order valence-corrected chi connectivity index (χ3v) is 3.93. The normalized spacial score (nSPS) is 11.4. The Kier molecular flexibility index (Phi) is 3.64. The molecule has 0 spiro atoms. The smallest absolute Gasteiger partial charge is 0.395 e. The molecule has 8 nitrogen and oxygen atoms in total. The van der Waals surface area contributed by atoms with Crippen molar-refractivity contribution in [1.29, 1.82) is 0 Å². The van der Waals surface area contributed by atoms with Crippen LogP contribution >= 0.6 is 0 Å². The van der Waals surface area contributed by atoms with E-state index in [1.165, 1.54) is 6.08 Å². The molecule has 2 aromatic heterocycles. The van der Waals surface area contributed by atoms with Crippen molar-refractivity contribution in [1.82, 2.24) is 14.5 Å². The number of H-pyrrole nitrogens is 1. The van der Waals surface area contributed by atoms with E-state index in [0.29, 0.717) is 0 Å². The molecule has 0 radical (unpaired) electrons. The van der Waals surface area contributed by atoms with Crippen molar-refractivity contribution in [3.63, 3.8) is 0 Å². The van der Waals surface area contributed by atoms with Gasteiger partial charge in [-0.2, -0.15) is 4.98 Å². The largest absolute Gasteiger partial charge is 0.488 e. The summed E-state index contributed by atoms with van der Waals surface area (Å²) in [5.74, 6) is -0.867. The SMILES string of the molecule is Cc1c(C=Cc2nc(O)c([N+](=O)[O-])c(=O)[nH]2)c2ccccc2n1C. The fourth-order valence-electron chi connectivity index (χ4n) is 2.64. The molecule has 2 heterocycles. The van der Waals surface area contributed by atoms with Crippen LogP contribution in [0.2, 0.25) is 0 Å². The Bertz CT molecular complexity index is 1050. The zero-order chi connectivity index (χ0) is 17.4. The van der Waals surface area contributed by atoms with Crippen molar-refractivity contribution in [2.45, 2.75) is 6.92 Å². The number of aromatic nitrogens is 3. The van der Waals surface area contributed by atoms with Gasteiger partial charge in [-0.25, -0.2) is 0 Å². The number of nitrogens with one attached hydrogen (secondary N) is 1. The maximum absolute atomic E-state index is 11.7. The topological polar surface area (TPSA) is 114 Å². The summed E-state index contributed by atoms with van der Waals surface area (Å²) in [5.41, 5.74) is 1.05. The lowest BCUT2D eigenvalue weighted by molar-refractivity contribution is -0.387. The Morgan fingerprint density at radius 2 is 2.04 bits per heavy atom. The van der Waals surface area contributed by atoms with Gasteiger partial charge in [0.05, 0.1) is 4.92 Å². The maximum Gasteiger partial charge on any atom is 0.395 e. The zero-order valence-electron chi connectivity index (χ0n) is 13.0. The molecule has 122 valence electrons. The van der Waals surface area contributed by atoms with Crippen molar-refractivity contribution in [2.24, 2.45) is 7.05 Å². The summed E-state index contributed by atoms with van der Waals surface area (Å²) >= 11 is 0. The number of hydrogen-bond acceptors (Lipinski definition) is 5. The standard InChI is InChI=1S/C16H14N4O4/c1-9-10(11-5-3-4-6-12(11)19(9)2)7-8-13-17-15(21)14(20(23)24)16(22)18-13/h3-8H,1-2H3,(H2,17,18,21,22). The van der Waals surface area contributed by atoms with Crippen LogP contribution in [0.4, 0.5) is 5.69 Å². The van der Waals surface area contributed by atoms with Gasteiger partial charge in [0.1, 0.15) is 5.82 Å². The molecule has 3 aromatic rings. The fraction of sp³-hybridized carbons (Fsp3) is 0.125. The van der Waals surface area contributed by atoms with Crippen molar-refractivity contribution in [3.05, 3.63) is 61.8 Å². The number of aryl methyl sites for hydroxylation is 1. The molecule has 0 atom stereocenters. The number of fused-ring (bicyclic) bond motifs is 1. The summed E-state index contributed by atoms with van der Waals surface area (Å²) in [7, 11) is 1.95. The van der Waals surface area contributed by atoms with Gasteiger partial charge in [0.25, 0.3) is 5.88 Å². The van der Waals surface area contributed by atoms with Crippen molar-refractivity contribution >= 4 is 28.7 Å². The highest BCUT2D eigenvalue weighted by Gasteiger charge is 2.21. The molecule has 24 heavy (non-hydrogen) atoms. The van der Waals surface area contributed by atoms with Crippen LogP contribution in [0.5, 0.6) is 5.88 Å². The highest BCUT2D eigenvalue weighted by Crippen LogP contribution is 2.26. The second-order valence-electron chi connectivity index (χ2n) is 5.29. The van der Waals surface area contributed by atoms with E-state index >= 15 is 0 Å². The van der Waals surface area contributed by atoms with Gasteiger partial charge < -0.3 is 14.7 Å². The fourth-order valence-corrected chi connectivity index (χ4v) is 2.64. The number of nitrogens with zero attached hydrogens (tertiary/aromatic N) is 3. The lowest BCUT2D eigenvalue weighted by Crippen LogP contribution is -2.14. The zero-order valence-corrected chi connectivity index (χ0v) is 13.0. The molecule has 0 saturated heterocycles. The molecule has 0 fully saturated rings. The van der Waals surface area contributed by atoms with Crippen LogP contribution in [0.25, 0.3) is 23.1 Å². The third-order valence-electron chi connectivity index (χ3n) is 3.93. The van der Waals surface area contributed by atoms with Crippen LogP contribution in [0.1, 0.15) is 17.1 Å². The van der Waals surface area contributed by atoms with Crippen LogP contribution in [0, 0.1) is 17.0 Å². The van der Waals surface area contributed by atoms with Gasteiger partial charge in [-0.15, -0.1) is 0 Å². The maximum atomic E-state index is 11.7. The lowest BCUT2D eigenvalue weighted by Gasteiger charge is -1.98. The number of aromatic amines is 1. The van der Waals surface area contributed by atoms with Crippen LogP contribution in [0.3, 0.4) is 0 Å². The van der Waals surface area contributed by atoms with E-state index in [2.05, 4.69) is 9.97 Å². The van der Waals surface area contributed by atoms with E-state index in [9.17, 15) is 20.0 Å². The number of aromatic hydroxyl groups is 1. The molecule has 2 N–H and O–H groups in total. The van der Waals surface area contributed by atoms with Gasteiger partial charge in [0, 0.05) is 29.2 Å². The van der Waals surface area contributed by atoms with Gasteiger partial charge in [-0.1, -0.05) is 18.2 Å². The summed E-state index contributed by atoms with van der Waals surface area (Å²) in [5, 5.41) is 21.3. The molecule has 1 aromatic carbocycles.